The summed E-state index contributed by atoms with van der Waals surface area (Å²) in [6.07, 6.45) is 5.80. The van der Waals surface area contributed by atoms with Gasteiger partial charge in [0.05, 0.1) is 0 Å². The van der Waals surface area contributed by atoms with E-state index in [0.717, 1.165) is 19.5 Å². The Labute approximate surface area is 77.1 Å². The van der Waals surface area contributed by atoms with Gasteiger partial charge in [0.25, 0.3) is 0 Å². The van der Waals surface area contributed by atoms with Crippen LogP contribution in [0.2, 0.25) is 38.9 Å². The standard InChI is InChI=1S/C9H19B2N/c1-10-3-5-12-6-4-11(2)8-9(12)7-10/h9H,3-8H2,1-2H3. The lowest BCUT2D eigenvalue weighted by molar-refractivity contribution is 0.222. The van der Waals surface area contributed by atoms with Gasteiger partial charge in [0.2, 0.25) is 0 Å². The summed E-state index contributed by atoms with van der Waals surface area (Å²) in [5.41, 5.74) is 0. The Morgan fingerprint density at radius 2 is 1.50 bits per heavy atom. The molecule has 0 unspecified atom stereocenters. The molecule has 0 spiro atoms. The fraction of sp³-hybridized carbons (Fsp3) is 1.00. The Kier molecular flexibility index (Phi) is 2.49. The molecule has 3 heteroatoms. The average Bonchev–Trinajstić information content (AvgIpc) is 2.03. The van der Waals surface area contributed by atoms with Gasteiger partial charge in [-0.3, -0.25) is 0 Å². The summed E-state index contributed by atoms with van der Waals surface area (Å²) in [5.74, 6) is 0. The van der Waals surface area contributed by atoms with Crippen LogP contribution in [-0.2, 0) is 0 Å². The molecule has 12 heavy (non-hydrogen) atoms. The van der Waals surface area contributed by atoms with E-state index in [1.165, 1.54) is 38.4 Å². The second-order valence-corrected chi connectivity index (χ2v) is 4.95. The predicted molar refractivity (Wildman–Crippen MR) is 57.8 cm³/mol. The van der Waals surface area contributed by atoms with E-state index >= 15 is 0 Å². The topological polar surface area (TPSA) is 3.24 Å². The fourth-order valence-corrected chi connectivity index (χ4v) is 2.81. The molecular weight excluding hydrogens is 144 g/mol. The summed E-state index contributed by atoms with van der Waals surface area (Å²) in [7, 11) is 0. The van der Waals surface area contributed by atoms with Crippen LogP contribution in [0.3, 0.4) is 0 Å². The number of hydrogen-bond acceptors (Lipinski definition) is 1. The third-order valence-electron chi connectivity index (χ3n) is 3.68. The van der Waals surface area contributed by atoms with E-state index in [9.17, 15) is 0 Å². The fourth-order valence-electron chi connectivity index (χ4n) is 2.81. The minimum Gasteiger partial charge on any atom is -0.303 e. The molecule has 0 bridgehead atoms. The minimum absolute atomic E-state index is 0.942. The molecule has 0 aromatic rings. The van der Waals surface area contributed by atoms with Crippen LogP contribution in [-0.4, -0.2) is 37.5 Å². The van der Waals surface area contributed by atoms with Crippen LogP contribution >= 0.6 is 0 Å². The zero-order chi connectivity index (χ0) is 8.55. The molecule has 2 saturated heterocycles. The molecule has 0 aromatic heterocycles. The highest BCUT2D eigenvalue weighted by Crippen LogP contribution is 2.27. The van der Waals surface area contributed by atoms with Crippen LogP contribution in [0.15, 0.2) is 0 Å². The van der Waals surface area contributed by atoms with Crippen molar-refractivity contribution in [3.63, 3.8) is 0 Å². The van der Waals surface area contributed by atoms with E-state index in [-0.39, 0.29) is 0 Å². The molecule has 0 saturated carbocycles. The molecule has 2 fully saturated rings. The maximum Gasteiger partial charge on any atom is 0.139 e. The molecule has 0 radical (unpaired) electrons. The van der Waals surface area contributed by atoms with Gasteiger partial charge in [0.1, 0.15) is 13.4 Å². The Bertz CT molecular complexity index is 147. The van der Waals surface area contributed by atoms with Gasteiger partial charge >= 0.3 is 0 Å². The van der Waals surface area contributed by atoms with Crippen LogP contribution < -0.4 is 0 Å². The van der Waals surface area contributed by atoms with Crippen molar-refractivity contribution >= 4 is 13.4 Å². The molecule has 0 aliphatic carbocycles. The van der Waals surface area contributed by atoms with Crippen molar-refractivity contribution in [1.82, 2.24) is 4.90 Å². The lowest BCUT2D eigenvalue weighted by atomic mass is 9.37. The molecule has 2 aliphatic heterocycles. The van der Waals surface area contributed by atoms with E-state index in [4.69, 9.17) is 0 Å². The lowest BCUT2D eigenvalue weighted by Gasteiger charge is -2.42. The van der Waals surface area contributed by atoms with Crippen LogP contribution in [0, 0.1) is 0 Å². The highest BCUT2D eigenvalue weighted by molar-refractivity contribution is 6.60. The number of rotatable bonds is 0. The SMILES string of the molecule is CB1CCN2CCB(C)CC2C1. The quantitative estimate of drug-likeness (QED) is 0.493. The second-order valence-electron chi connectivity index (χ2n) is 4.95. The van der Waals surface area contributed by atoms with Crippen molar-refractivity contribution in [2.75, 3.05) is 13.1 Å². The Hall–Kier alpha value is 0.0899. The third-order valence-corrected chi connectivity index (χ3v) is 3.68. The first-order valence-corrected chi connectivity index (χ1v) is 5.49. The maximum atomic E-state index is 2.72. The molecule has 2 heterocycles. The average molecular weight is 163 g/mol. The summed E-state index contributed by atoms with van der Waals surface area (Å²) in [6, 6.07) is 0.942. The number of fused-ring (bicyclic) bond motifs is 1. The molecule has 66 valence electrons. The van der Waals surface area contributed by atoms with Gasteiger partial charge in [0, 0.05) is 0 Å². The molecule has 0 N–H and O–H groups in total. The van der Waals surface area contributed by atoms with Crippen molar-refractivity contribution < 1.29 is 0 Å². The normalized spacial score (nSPS) is 27.5. The van der Waals surface area contributed by atoms with Gasteiger partial charge < -0.3 is 4.90 Å². The molecular formula is C9H19B2N. The molecule has 0 amide bonds. The van der Waals surface area contributed by atoms with Crippen molar-refractivity contribution in [1.29, 1.82) is 0 Å². The van der Waals surface area contributed by atoms with E-state index in [0.29, 0.717) is 0 Å². The van der Waals surface area contributed by atoms with Crippen molar-refractivity contribution in [3.8, 4) is 0 Å². The van der Waals surface area contributed by atoms with E-state index in [1.807, 2.05) is 0 Å². The highest BCUT2D eigenvalue weighted by atomic mass is 15.2. The monoisotopic (exact) mass is 163 g/mol. The van der Waals surface area contributed by atoms with Crippen LogP contribution in [0.1, 0.15) is 0 Å². The van der Waals surface area contributed by atoms with E-state index in [2.05, 4.69) is 18.5 Å². The smallest absolute Gasteiger partial charge is 0.139 e. The highest BCUT2D eigenvalue weighted by Gasteiger charge is 2.32. The maximum absolute atomic E-state index is 2.72. The molecule has 0 aromatic carbocycles. The summed E-state index contributed by atoms with van der Waals surface area (Å²) >= 11 is 0. The Balaban J connectivity index is 1.94. The van der Waals surface area contributed by atoms with Gasteiger partial charge in [-0.2, -0.15) is 0 Å². The van der Waals surface area contributed by atoms with Gasteiger partial charge in [-0.05, 0) is 19.1 Å². The predicted octanol–water partition coefficient (Wildman–Crippen LogP) is 1.93. The zero-order valence-corrected chi connectivity index (χ0v) is 8.42. The zero-order valence-electron chi connectivity index (χ0n) is 8.42. The summed E-state index contributed by atoms with van der Waals surface area (Å²) in [4.78, 5) is 2.72. The first kappa shape index (κ1) is 8.68. The minimum atomic E-state index is 0.942. The summed E-state index contributed by atoms with van der Waals surface area (Å²) < 4.78 is 0. The molecule has 1 nitrogen and oxygen atoms in total. The Morgan fingerprint density at radius 1 is 1.00 bits per heavy atom. The van der Waals surface area contributed by atoms with E-state index in [1.54, 1.807) is 0 Å². The van der Waals surface area contributed by atoms with Gasteiger partial charge in [0.15, 0.2) is 0 Å². The van der Waals surface area contributed by atoms with E-state index < -0.39 is 0 Å². The summed E-state index contributed by atoms with van der Waals surface area (Å²) in [5, 5.41) is 0. The number of hydrogen-bond donors (Lipinski definition) is 0. The van der Waals surface area contributed by atoms with Gasteiger partial charge in [-0.15, -0.1) is 0 Å². The lowest BCUT2D eigenvalue weighted by Crippen LogP contribution is -2.49. The van der Waals surface area contributed by atoms with Gasteiger partial charge in [-0.1, -0.05) is 38.9 Å². The number of nitrogens with zero attached hydrogens (tertiary/aromatic N) is 1. The summed E-state index contributed by atoms with van der Waals surface area (Å²) in [6.45, 7) is 9.54. The Morgan fingerprint density at radius 3 is 2.00 bits per heavy atom. The molecule has 2 rings (SSSR count). The van der Waals surface area contributed by atoms with Crippen LogP contribution in [0.25, 0.3) is 0 Å². The first-order valence-electron chi connectivity index (χ1n) is 5.49. The first-order chi connectivity index (χ1) is 5.75. The molecule has 0 atom stereocenters. The van der Waals surface area contributed by atoms with Crippen molar-refractivity contribution in [2.45, 2.75) is 45.0 Å². The third kappa shape index (κ3) is 1.71. The molecule has 2 aliphatic rings. The second kappa shape index (κ2) is 3.45. The van der Waals surface area contributed by atoms with Crippen molar-refractivity contribution in [3.05, 3.63) is 0 Å². The largest absolute Gasteiger partial charge is 0.303 e. The van der Waals surface area contributed by atoms with Crippen molar-refractivity contribution in [2.24, 2.45) is 0 Å². The van der Waals surface area contributed by atoms with Crippen LogP contribution in [0.4, 0.5) is 0 Å². The van der Waals surface area contributed by atoms with Gasteiger partial charge in [-0.25, -0.2) is 0 Å². The van der Waals surface area contributed by atoms with Crippen LogP contribution in [0.5, 0.6) is 0 Å².